The summed E-state index contributed by atoms with van der Waals surface area (Å²) in [6.07, 6.45) is 5.51. The Kier molecular flexibility index (Phi) is 8.59. The van der Waals surface area contributed by atoms with Gasteiger partial charge in [-0.2, -0.15) is 14.4 Å². The number of nitrogens with zero attached hydrogens (tertiary/aromatic N) is 4. The molecule has 0 saturated carbocycles. The van der Waals surface area contributed by atoms with Gasteiger partial charge in [-0.15, -0.1) is 13.2 Å². The van der Waals surface area contributed by atoms with Gasteiger partial charge in [0.2, 0.25) is 20.6 Å². The van der Waals surface area contributed by atoms with Crippen LogP contribution in [0.5, 0.6) is 0 Å². The number of hydrogen-bond acceptors (Lipinski definition) is 8. The zero-order chi connectivity index (χ0) is 29.9. The number of carbonyl (C=O) groups excluding carboxylic acids is 1. The van der Waals surface area contributed by atoms with Crippen LogP contribution in [0.1, 0.15) is 15.9 Å². The predicted molar refractivity (Wildman–Crippen MR) is 170 cm³/mol. The summed E-state index contributed by atoms with van der Waals surface area (Å²) in [5, 5.41) is 6.08. The number of amides is 1. The maximum Gasteiger partial charge on any atom is 0.280 e. The Morgan fingerprint density at radius 1 is 1.05 bits per heavy atom. The van der Waals surface area contributed by atoms with Crippen LogP contribution >= 0.6 is 27.3 Å². The maximum absolute atomic E-state index is 13.8. The molecule has 0 aliphatic carbocycles. The summed E-state index contributed by atoms with van der Waals surface area (Å²) in [7, 11) is -3.85. The zero-order valence-corrected chi connectivity index (χ0v) is 25.2. The fraction of sp³-hybridized carbons (Fsp3) is 0.0667. The molecule has 42 heavy (non-hydrogen) atoms. The van der Waals surface area contributed by atoms with E-state index in [2.05, 4.69) is 39.2 Å². The number of thiazole rings is 1. The second kappa shape index (κ2) is 12.3. The molecule has 0 spiro atoms. The average Bonchev–Trinajstić information content (AvgIpc) is 3.41. The summed E-state index contributed by atoms with van der Waals surface area (Å²) < 4.78 is 34.7. The third kappa shape index (κ3) is 5.88. The predicted octanol–water partition coefficient (Wildman–Crippen LogP) is 6.21. The molecule has 5 rings (SSSR count). The first kappa shape index (κ1) is 29.3. The molecule has 0 radical (unpaired) electrons. The van der Waals surface area contributed by atoms with Crippen LogP contribution < -0.4 is 10.4 Å². The zero-order valence-electron chi connectivity index (χ0n) is 22.0. The normalized spacial score (nSPS) is 11.9. The van der Waals surface area contributed by atoms with Crippen LogP contribution in [0.15, 0.2) is 122 Å². The lowest BCUT2D eigenvalue weighted by molar-refractivity contribution is 0.0987. The van der Waals surface area contributed by atoms with Crippen molar-refractivity contribution >= 4 is 75.7 Å². The van der Waals surface area contributed by atoms with E-state index in [0.29, 0.717) is 16.5 Å². The minimum atomic E-state index is -3.85. The lowest BCUT2D eigenvalue weighted by Gasteiger charge is -2.19. The van der Waals surface area contributed by atoms with Gasteiger partial charge in [-0.25, -0.2) is 13.4 Å². The largest absolute Gasteiger partial charge is 0.463 e. The fourth-order valence-corrected chi connectivity index (χ4v) is 6.92. The van der Waals surface area contributed by atoms with Gasteiger partial charge in [-0.3, -0.25) is 9.59 Å². The first-order valence-corrected chi connectivity index (χ1v) is 15.5. The molecule has 0 N–H and O–H groups in total. The van der Waals surface area contributed by atoms with E-state index < -0.39 is 15.9 Å². The number of aromatic nitrogens is 1. The highest BCUT2D eigenvalue weighted by atomic mass is 79.9. The second-order valence-corrected chi connectivity index (χ2v) is 12.8. The summed E-state index contributed by atoms with van der Waals surface area (Å²) in [6, 6.07) is 17.9. The van der Waals surface area contributed by atoms with Gasteiger partial charge in [0.15, 0.2) is 0 Å². The number of hydrazone groups is 1. The summed E-state index contributed by atoms with van der Waals surface area (Å²) >= 11 is 4.68. The van der Waals surface area contributed by atoms with E-state index >= 15 is 0 Å². The molecular formula is C30H23BrN4O5S2. The monoisotopic (exact) mass is 662 g/mol. The number of hydrogen-bond donors (Lipinski definition) is 0. The lowest BCUT2D eigenvalue weighted by Crippen LogP contribution is -2.31. The van der Waals surface area contributed by atoms with Crippen molar-refractivity contribution in [3.63, 3.8) is 0 Å². The van der Waals surface area contributed by atoms with Crippen LogP contribution in [0.4, 0.5) is 5.13 Å². The molecule has 12 heteroatoms. The number of anilines is 1. The Hall–Kier alpha value is -4.23. The fourth-order valence-electron chi connectivity index (χ4n) is 4.07. The van der Waals surface area contributed by atoms with Crippen LogP contribution in [-0.4, -0.2) is 42.9 Å². The molecule has 0 aliphatic rings. The van der Waals surface area contributed by atoms with Gasteiger partial charge >= 0.3 is 0 Å². The van der Waals surface area contributed by atoms with Gasteiger partial charge in [0.25, 0.3) is 5.91 Å². The van der Waals surface area contributed by atoms with Crippen molar-refractivity contribution in [2.75, 3.05) is 18.1 Å². The number of halogens is 1. The van der Waals surface area contributed by atoms with E-state index in [9.17, 15) is 18.0 Å². The molecule has 0 unspecified atom stereocenters. The van der Waals surface area contributed by atoms with Gasteiger partial charge in [0, 0.05) is 23.1 Å². The third-order valence-corrected chi connectivity index (χ3v) is 9.47. The SMILES string of the molecule is C=CCN(CC=C)S(=O)(=O)c1ccc(C(=O)N(/N=C/c2coc3ccccc3c2=O)c2nc3ccc(Br)cc3s2)cc1. The Labute approximate surface area is 253 Å². The Balaban J connectivity index is 1.54. The first-order valence-electron chi connectivity index (χ1n) is 12.5. The maximum atomic E-state index is 13.8. The standard InChI is InChI=1S/C30H23BrN4O5S2/c1-3-15-34(16-4-2)42(38,39)23-12-9-20(10-13-23)29(37)35(30-33-25-14-11-22(31)17-27(25)41-30)32-18-21-19-40-26-8-6-5-7-24(26)28(21)36/h3-14,17-19H,1-2,15-16H2/b32-18+. The molecule has 0 saturated heterocycles. The number of benzene rings is 3. The van der Waals surface area contributed by atoms with E-state index in [1.54, 1.807) is 24.3 Å². The van der Waals surface area contributed by atoms with Crippen LogP contribution in [0.25, 0.3) is 21.2 Å². The minimum absolute atomic E-state index is 0.0106. The van der Waals surface area contributed by atoms with Crippen molar-refractivity contribution < 1.29 is 17.6 Å². The van der Waals surface area contributed by atoms with E-state index in [1.807, 2.05) is 18.2 Å². The summed E-state index contributed by atoms with van der Waals surface area (Å²) in [5.74, 6) is -0.576. The van der Waals surface area contributed by atoms with Crippen LogP contribution in [0.3, 0.4) is 0 Å². The van der Waals surface area contributed by atoms with E-state index in [0.717, 1.165) is 14.2 Å². The molecule has 2 heterocycles. The number of carbonyl (C=O) groups is 1. The van der Waals surface area contributed by atoms with Crippen molar-refractivity contribution in [3.8, 4) is 0 Å². The lowest BCUT2D eigenvalue weighted by atomic mass is 10.2. The highest BCUT2D eigenvalue weighted by Crippen LogP contribution is 2.32. The Bertz CT molecular complexity index is 2010. The Morgan fingerprint density at radius 2 is 1.76 bits per heavy atom. The van der Waals surface area contributed by atoms with Gasteiger partial charge < -0.3 is 4.42 Å². The molecule has 0 fully saturated rings. The van der Waals surface area contributed by atoms with Crippen molar-refractivity contribution in [1.82, 2.24) is 9.29 Å². The van der Waals surface area contributed by atoms with Gasteiger partial charge in [0.05, 0.1) is 32.3 Å². The highest BCUT2D eigenvalue weighted by Gasteiger charge is 2.25. The molecule has 5 aromatic rings. The number of sulfonamides is 1. The molecule has 0 bridgehead atoms. The molecule has 9 nitrogen and oxygen atoms in total. The molecule has 0 aliphatic heterocycles. The van der Waals surface area contributed by atoms with E-state index in [-0.39, 0.29) is 39.7 Å². The first-order chi connectivity index (χ1) is 20.2. The Morgan fingerprint density at radius 3 is 2.48 bits per heavy atom. The number of fused-ring (bicyclic) bond motifs is 2. The second-order valence-electron chi connectivity index (χ2n) is 8.91. The van der Waals surface area contributed by atoms with Crippen LogP contribution in [0.2, 0.25) is 0 Å². The summed E-state index contributed by atoms with van der Waals surface area (Å²) in [5.41, 5.74) is 1.08. The van der Waals surface area contributed by atoms with Crippen LogP contribution in [-0.2, 0) is 10.0 Å². The van der Waals surface area contributed by atoms with E-state index in [1.165, 1.54) is 64.5 Å². The van der Waals surface area contributed by atoms with Gasteiger partial charge in [-0.05, 0) is 54.6 Å². The number of para-hydroxylation sites is 1. The molecule has 0 atom stereocenters. The van der Waals surface area contributed by atoms with Gasteiger partial charge in [-0.1, -0.05) is 51.6 Å². The van der Waals surface area contributed by atoms with Crippen molar-refractivity contribution in [2.45, 2.75) is 4.90 Å². The van der Waals surface area contributed by atoms with Crippen LogP contribution in [0, 0.1) is 0 Å². The third-order valence-electron chi connectivity index (χ3n) is 6.14. The highest BCUT2D eigenvalue weighted by molar-refractivity contribution is 9.10. The van der Waals surface area contributed by atoms with Crippen molar-refractivity contribution in [3.05, 3.63) is 124 Å². The van der Waals surface area contributed by atoms with Crippen molar-refractivity contribution in [1.29, 1.82) is 0 Å². The summed E-state index contributed by atoms with van der Waals surface area (Å²) in [6.45, 7) is 7.45. The minimum Gasteiger partial charge on any atom is -0.463 e. The number of rotatable bonds is 10. The van der Waals surface area contributed by atoms with Gasteiger partial charge in [0.1, 0.15) is 11.8 Å². The quantitative estimate of drug-likeness (QED) is 0.0998. The molecule has 3 aromatic carbocycles. The summed E-state index contributed by atoms with van der Waals surface area (Å²) in [4.78, 5) is 31.4. The molecular weight excluding hydrogens is 640 g/mol. The van der Waals surface area contributed by atoms with Crippen molar-refractivity contribution in [2.24, 2.45) is 5.10 Å². The average molecular weight is 664 g/mol. The topological polar surface area (TPSA) is 113 Å². The molecule has 212 valence electrons. The van der Waals surface area contributed by atoms with E-state index in [4.69, 9.17) is 4.42 Å². The smallest absolute Gasteiger partial charge is 0.280 e. The molecule has 1 amide bonds. The molecule has 2 aromatic heterocycles.